The van der Waals surface area contributed by atoms with Crippen LogP contribution in [0.3, 0.4) is 0 Å². The minimum atomic E-state index is -0.472. The molecule has 8 heteroatoms. The van der Waals surface area contributed by atoms with Crippen LogP contribution in [0.2, 0.25) is 0 Å². The van der Waals surface area contributed by atoms with E-state index in [1.165, 1.54) is 0 Å². The highest BCUT2D eigenvalue weighted by molar-refractivity contribution is 14.0. The Bertz CT molecular complexity index is 627. The highest BCUT2D eigenvalue weighted by atomic mass is 127. The maximum Gasteiger partial charge on any atom is 0.407 e. The van der Waals surface area contributed by atoms with Gasteiger partial charge in [-0.1, -0.05) is 18.2 Å². The summed E-state index contributed by atoms with van der Waals surface area (Å²) >= 11 is 0. The van der Waals surface area contributed by atoms with Gasteiger partial charge in [-0.3, -0.25) is 4.99 Å². The molecule has 2 N–H and O–H groups in total. The van der Waals surface area contributed by atoms with E-state index in [0.717, 1.165) is 50.6 Å². The zero-order valence-electron chi connectivity index (χ0n) is 17.9. The van der Waals surface area contributed by atoms with E-state index in [2.05, 4.69) is 20.5 Å². The SMILES string of the molecule is CN=C(NCCCNC(=O)OC(C)(C)C)N1CCC(Oc2ccccc2)CC1.I. The van der Waals surface area contributed by atoms with Crippen LogP contribution in [-0.4, -0.2) is 61.9 Å². The molecule has 0 atom stereocenters. The summed E-state index contributed by atoms with van der Waals surface area (Å²) in [7, 11) is 1.80. The van der Waals surface area contributed by atoms with Crippen molar-refractivity contribution in [3.05, 3.63) is 30.3 Å². The van der Waals surface area contributed by atoms with E-state index >= 15 is 0 Å². The number of guanidine groups is 1. The standard InChI is InChI=1S/C21H34N4O3.HI/c1-21(2,3)28-20(26)24-14-8-13-23-19(22-4)25-15-11-18(12-16-25)27-17-9-6-5-7-10-17;/h5-7,9-10,18H,8,11-16H2,1-4H3,(H,22,23)(H,24,26);1H. The van der Waals surface area contributed by atoms with Crippen LogP contribution >= 0.6 is 24.0 Å². The van der Waals surface area contributed by atoms with Crippen molar-refractivity contribution < 1.29 is 14.3 Å². The maximum absolute atomic E-state index is 11.6. The van der Waals surface area contributed by atoms with Gasteiger partial charge in [-0.2, -0.15) is 0 Å². The Hall–Kier alpha value is -1.71. The predicted octanol–water partition coefficient (Wildman–Crippen LogP) is 3.64. The quantitative estimate of drug-likeness (QED) is 0.261. The van der Waals surface area contributed by atoms with Crippen molar-refractivity contribution in [3.63, 3.8) is 0 Å². The van der Waals surface area contributed by atoms with Crippen molar-refractivity contribution in [2.45, 2.75) is 51.7 Å². The fraction of sp³-hybridized carbons (Fsp3) is 0.619. The second-order valence-electron chi connectivity index (χ2n) is 7.87. The van der Waals surface area contributed by atoms with Crippen LogP contribution in [0.5, 0.6) is 5.75 Å². The summed E-state index contributed by atoms with van der Waals surface area (Å²) in [6.07, 6.45) is 2.60. The first kappa shape index (κ1) is 25.3. The highest BCUT2D eigenvalue weighted by Gasteiger charge is 2.22. The topological polar surface area (TPSA) is 75.2 Å². The van der Waals surface area contributed by atoms with Crippen molar-refractivity contribution >= 4 is 36.0 Å². The molecule has 0 aliphatic carbocycles. The third-order valence-corrected chi connectivity index (χ3v) is 4.30. The van der Waals surface area contributed by atoms with Gasteiger partial charge in [0.05, 0.1) is 0 Å². The van der Waals surface area contributed by atoms with Gasteiger partial charge in [-0.05, 0) is 39.3 Å². The molecule has 0 bridgehead atoms. The molecule has 1 aromatic rings. The zero-order valence-corrected chi connectivity index (χ0v) is 20.3. The van der Waals surface area contributed by atoms with Crippen molar-refractivity contribution in [1.29, 1.82) is 0 Å². The summed E-state index contributed by atoms with van der Waals surface area (Å²) < 4.78 is 11.3. The summed E-state index contributed by atoms with van der Waals surface area (Å²) in [6, 6.07) is 9.98. The number of benzene rings is 1. The molecule has 7 nitrogen and oxygen atoms in total. The van der Waals surface area contributed by atoms with Crippen LogP contribution in [0, 0.1) is 0 Å². The Kier molecular flexibility index (Phi) is 11.2. The fourth-order valence-corrected chi connectivity index (χ4v) is 3.00. The molecular weight excluding hydrogens is 483 g/mol. The third-order valence-electron chi connectivity index (χ3n) is 4.30. The third kappa shape index (κ3) is 10.0. The number of carbonyl (C=O) groups excluding carboxylic acids is 1. The Morgan fingerprint density at radius 2 is 1.76 bits per heavy atom. The second-order valence-corrected chi connectivity index (χ2v) is 7.87. The molecule has 0 spiro atoms. The lowest BCUT2D eigenvalue weighted by Gasteiger charge is -2.34. The molecule has 0 radical (unpaired) electrons. The number of para-hydroxylation sites is 1. The van der Waals surface area contributed by atoms with Crippen LogP contribution < -0.4 is 15.4 Å². The van der Waals surface area contributed by atoms with Gasteiger partial charge in [0.2, 0.25) is 0 Å². The molecule has 1 fully saturated rings. The summed E-state index contributed by atoms with van der Waals surface area (Å²) in [5.41, 5.74) is -0.472. The molecule has 164 valence electrons. The molecule has 0 saturated carbocycles. The maximum atomic E-state index is 11.6. The first-order valence-corrected chi connectivity index (χ1v) is 10.0. The Morgan fingerprint density at radius 3 is 2.34 bits per heavy atom. The lowest BCUT2D eigenvalue weighted by Crippen LogP contribution is -2.48. The van der Waals surface area contributed by atoms with E-state index in [1.807, 2.05) is 51.1 Å². The lowest BCUT2D eigenvalue weighted by molar-refractivity contribution is 0.0527. The van der Waals surface area contributed by atoms with Crippen LogP contribution in [-0.2, 0) is 4.74 Å². The molecule has 1 heterocycles. The number of halogens is 1. The number of carbonyl (C=O) groups is 1. The molecule has 29 heavy (non-hydrogen) atoms. The van der Waals surface area contributed by atoms with Gasteiger partial charge >= 0.3 is 6.09 Å². The number of hydrogen-bond acceptors (Lipinski definition) is 4. The highest BCUT2D eigenvalue weighted by Crippen LogP contribution is 2.18. The average molecular weight is 518 g/mol. The van der Waals surface area contributed by atoms with E-state index in [4.69, 9.17) is 9.47 Å². The minimum absolute atomic E-state index is 0. The van der Waals surface area contributed by atoms with Crippen molar-refractivity contribution in [2.75, 3.05) is 33.2 Å². The number of piperidine rings is 1. The molecule has 0 aromatic heterocycles. The molecular formula is C21H35IN4O3. The molecule has 1 saturated heterocycles. The van der Waals surface area contributed by atoms with Gasteiger partial charge in [0, 0.05) is 46.1 Å². The summed E-state index contributed by atoms with van der Waals surface area (Å²) in [5, 5.41) is 6.14. The van der Waals surface area contributed by atoms with Gasteiger partial charge in [0.25, 0.3) is 0 Å². The van der Waals surface area contributed by atoms with E-state index < -0.39 is 5.60 Å². The Morgan fingerprint density at radius 1 is 1.14 bits per heavy atom. The Labute approximate surface area is 191 Å². The number of ether oxygens (including phenoxy) is 2. The number of hydrogen-bond donors (Lipinski definition) is 2. The van der Waals surface area contributed by atoms with Gasteiger partial charge in [0.15, 0.2) is 5.96 Å². The van der Waals surface area contributed by atoms with Crippen LogP contribution in [0.15, 0.2) is 35.3 Å². The molecule has 1 aliphatic heterocycles. The summed E-state index contributed by atoms with van der Waals surface area (Å²) in [4.78, 5) is 18.3. The molecule has 1 aromatic carbocycles. The normalized spacial score (nSPS) is 15.3. The van der Waals surface area contributed by atoms with Gasteiger partial charge in [0.1, 0.15) is 17.5 Å². The first-order chi connectivity index (χ1) is 13.4. The smallest absolute Gasteiger partial charge is 0.407 e. The molecule has 2 rings (SSSR count). The van der Waals surface area contributed by atoms with Gasteiger partial charge < -0.3 is 25.0 Å². The number of alkyl carbamates (subject to hydrolysis) is 1. The number of nitrogens with one attached hydrogen (secondary N) is 2. The predicted molar refractivity (Wildman–Crippen MR) is 127 cm³/mol. The van der Waals surface area contributed by atoms with E-state index in [0.29, 0.717) is 6.54 Å². The van der Waals surface area contributed by atoms with Gasteiger partial charge in [-0.15, -0.1) is 24.0 Å². The Balaban J connectivity index is 0.00000420. The van der Waals surface area contributed by atoms with Crippen LogP contribution in [0.1, 0.15) is 40.0 Å². The number of nitrogens with zero attached hydrogens (tertiary/aromatic N) is 2. The van der Waals surface area contributed by atoms with Gasteiger partial charge in [-0.25, -0.2) is 4.79 Å². The van der Waals surface area contributed by atoms with E-state index in [-0.39, 0.29) is 36.2 Å². The zero-order chi connectivity index (χ0) is 20.4. The lowest BCUT2D eigenvalue weighted by atomic mass is 10.1. The van der Waals surface area contributed by atoms with E-state index in [1.54, 1.807) is 7.05 Å². The number of likely N-dealkylation sites (tertiary alicyclic amines) is 1. The number of aliphatic imine (C=N–C) groups is 1. The first-order valence-electron chi connectivity index (χ1n) is 10.0. The van der Waals surface area contributed by atoms with Crippen LogP contribution in [0.4, 0.5) is 4.79 Å². The molecule has 1 amide bonds. The van der Waals surface area contributed by atoms with Crippen LogP contribution in [0.25, 0.3) is 0 Å². The minimum Gasteiger partial charge on any atom is -0.490 e. The molecule has 0 unspecified atom stereocenters. The van der Waals surface area contributed by atoms with Crippen molar-refractivity contribution in [2.24, 2.45) is 4.99 Å². The molecule has 1 aliphatic rings. The summed E-state index contributed by atoms with van der Waals surface area (Å²) in [5.74, 6) is 1.83. The monoisotopic (exact) mass is 518 g/mol. The number of amides is 1. The summed E-state index contributed by atoms with van der Waals surface area (Å²) in [6.45, 7) is 8.68. The largest absolute Gasteiger partial charge is 0.490 e. The fourth-order valence-electron chi connectivity index (χ4n) is 3.00. The number of rotatable bonds is 6. The second kappa shape index (κ2) is 12.8. The van der Waals surface area contributed by atoms with Crippen molar-refractivity contribution in [3.8, 4) is 5.75 Å². The van der Waals surface area contributed by atoms with Crippen molar-refractivity contribution in [1.82, 2.24) is 15.5 Å². The average Bonchev–Trinajstić information content (AvgIpc) is 2.65. The van der Waals surface area contributed by atoms with E-state index in [9.17, 15) is 4.79 Å².